The van der Waals surface area contributed by atoms with E-state index in [4.69, 9.17) is 22.6 Å². The highest BCUT2D eigenvalue weighted by Gasteiger charge is 2.08. The van der Waals surface area contributed by atoms with Gasteiger partial charge in [0, 0.05) is 0 Å². The highest BCUT2D eigenvalue weighted by atomic mass is 35.5. The highest BCUT2D eigenvalue weighted by Crippen LogP contribution is 2.17. The van der Waals surface area contributed by atoms with Crippen LogP contribution in [0.15, 0.2) is 12.1 Å². The summed E-state index contributed by atoms with van der Waals surface area (Å²) in [6.07, 6.45) is -1.04. The average molecular weight is 198 g/mol. The summed E-state index contributed by atoms with van der Waals surface area (Å²) < 4.78 is 4.44. The topological polar surface area (TPSA) is 89.0 Å². The summed E-state index contributed by atoms with van der Waals surface area (Å²) in [5, 5.41) is 8.68. The summed E-state index contributed by atoms with van der Waals surface area (Å²) >= 11 is 5.50. The lowest BCUT2D eigenvalue weighted by Crippen LogP contribution is -2.17. The Balaban J connectivity index is 3.10. The summed E-state index contributed by atoms with van der Waals surface area (Å²) in [4.78, 5) is 14.0. The molecule has 0 aromatic carbocycles. The van der Waals surface area contributed by atoms with Crippen molar-refractivity contribution in [1.82, 2.24) is 4.98 Å². The number of halogens is 1. The van der Waals surface area contributed by atoms with E-state index in [0.717, 1.165) is 0 Å². The Labute approximate surface area is 78.7 Å². The van der Waals surface area contributed by atoms with Gasteiger partial charge in [-0.1, -0.05) is 11.6 Å². The van der Waals surface area contributed by atoms with Crippen LogP contribution in [-0.4, -0.2) is 11.1 Å². The van der Waals surface area contributed by atoms with Gasteiger partial charge in [0.2, 0.25) is 5.88 Å². The van der Waals surface area contributed by atoms with E-state index in [9.17, 15) is 4.79 Å². The third-order valence-electron chi connectivity index (χ3n) is 1.14. The zero-order chi connectivity index (χ0) is 9.84. The fourth-order valence-corrected chi connectivity index (χ4v) is 0.816. The van der Waals surface area contributed by atoms with Crippen molar-refractivity contribution in [3.63, 3.8) is 0 Å². The molecule has 0 fully saturated rings. The van der Waals surface area contributed by atoms with E-state index in [0.29, 0.717) is 0 Å². The lowest BCUT2D eigenvalue weighted by molar-refractivity contribution is 0.209. The standard InChI is InChI=1S/C7H4ClN3O2/c8-5-2-1-4(3-9)6(11-5)13-7(10)12/h1-2H,(H2,10,12). The van der Waals surface area contributed by atoms with Gasteiger partial charge in [-0.05, 0) is 12.1 Å². The smallest absolute Gasteiger partial charge is 0.390 e. The van der Waals surface area contributed by atoms with Crippen molar-refractivity contribution in [3.8, 4) is 11.9 Å². The summed E-state index contributed by atoms with van der Waals surface area (Å²) in [6.45, 7) is 0. The molecule has 1 heterocycles. The minimum Gasteiger partial charge on any atom is -0.390 e. The van der Waals surface area contributed by atoms with Crippen molar-refractivity contribution in [1.29, 1.82) is 5.26 Å². The van der Waals surface area contributed by atoms with Gasteiger partial charge in [-0.25, -0.2) is 4.79 Å². The van der Waals surface area contributed by atoms with Gasteiger partial charge in [0.1, 0.15) is 16.8 Å². The summed E-state index contributed by atoms with van der Waals surface area (Å²) in [7, 11) is 0. The largest absolute Gasteiger partial charge is 0.411 e. The van der Waals surface area contributed by atoms with Crippen LogP contribution in [0.25, 0.3) is 0 Å². The normalized spacial score (nSPS) is 8.92. The molecule has 1 aromatic rings. The molecule has 66 valence electrons. The lowest BCUT2D eigenvalue weighted by Gasteiger charge is -2.00. The maximum atomic E-state index is 10.4. The van der Waals surface area contributed by atoms with Gasteiger partial charge in [0.05, 0.1) is 0 Å². The van der Waals surface area contributed by atoms with Gasteiger partial charge in [-0.2, -0.15) is 10.2 Å². The Hall–Kier alpha value is -1.80. The van der Waals surface area contributed by atoms with E-state index in [1.165, 1.54) is 12.1 Å². The number of rotatable bonds is 1. The van der Waals surface area contributed by atoms with Crippen LogP contribution in [-0.2, 0) is 0 Å². The van der Waals surface area contributed by atoms with Crippen LogP contribution in [0.2, 0.25) is 5.15 Å². The van der Waals surface area contributed by atoms with E-state index in [2.05, 4.69) is 9.72 Å². The first-order valence-corrected chi connectivity index (χ1v) is 3.55. The minimum atomic E-state index is -1.04. The molecule has 0 aliphatic rings. The number of hydrogen-bond donors (Lipinski definition) is 1. The predicted molar refractivity (Wildman–Crippen MR) is 44.2 cm³/mol. The molecule has 6 heteroatoms. The summed E-state index contributed by atoms with van der Waals surface area (Å²) in [5.41, 5.74) is 4.84. The number of carbonyl (C=O) groups excluding carboxylic acids is 1. The number of nitriles is 1. The van der Waals surface area contributed by atoms with Crippen LogP contribution in [0.3, 0.4) is 0 Å². The fraction of sp³-hybridized carbons (Fsp3) is 0. The zero-order valence-electron chi connectivity index (χ0n) is 6.32. The molecule has 0 saturated heterocycles. The van der Waals surface area contributed by atoms with Crippen LogP contribution < -0.4 is 10.5 Å². The van der Waals surface area contributed by atoms with E-state index in [1.807, 2.05) is 0 Å². The number of nitrogens with two attached hydrogens (primary N) is 1. The monoisotopic (exact) mass is 197 g/mol. The molecule has 0 atom stereocenters. The first-order valence-electron chi connectivity index (χ1n) is 3.17. The van der Waals surface area contributed by atoms with Gasteiger partial charge in [0.15, 0.2) is 0 Å². The van der Waals surface area contributed by atoms with Gasteiger partial charge in [-0.3, -0.25) is 0 Å². The van der Waals surface area contributed by atoms with E-state index < -0.39 is 6.09 Å². The zero-order valence-corrected chi connectivity index (χ0v) is 7.08. The van der Waals surface area contributed by atoms with Crippen molar-refractivity contribution in [3.05, 3.63) is 22.8 Å². The Morgan fingerprint density at radius 2 is 2.38 bits per heavy atom. The number of nitrogens with zero attached hydrogens (tertiary/aromatic N) is 2. The molecule has 5 nitrogen and oxygen atoms in total. The predicted octanol–water partition coefficient (Wildman–Crippen LogP) is 1.06. The van der Waals surface area contributed by atoms with Crippen LogP contribution >= 0.6 is 11.6 Å². The number of amides is 1. The molecule has 1 amide bonds. The van der Waals surface area contributed by atoms with E-state index in [-0.39, 0.29) is 16.6 Å². The van der Waals surface area contributed by atoms with Crippen LogP contribution in [0, 0.1) is 11.3 Å². The maximum Gasteiger partial charge on any atom is 0.411 e. The molecule has 13 heavy (non-hydrogen) atoms. The third-order valence-corrected chi connectivity index (χ3v) is 1.35. The Morgan fingerprint density at radius 3 is 2.92 bits per heavy atom. The number of hydrogen-bond acceptors (Lipinski definition) is 4. The average Bonchev–Trinajstić information content (AvgIpc) is 2.03. The first kappa shape index (κ1) is 9.29. The van der Waals surface area contributed by atoms with Crippen molar-refractivity contribution in [2.45, 2.75) is 0 Å². The quantitative estimate of drug-likeness (QED) is 0.682. The molecule has 0 unspecified atom stereocenters. The van der Waals surface area contributed by atoms with Gasteiger partial charge in [0.25, 0.3) is 0 Å². The maximum absolute atomic E-state index is 10.4. The second-order valence-electron chi connectivity index (χ2n) is 2.02. The number of aromatic nitrogens is 1. The third kappa shape index (κ3) is 2.32. The molecule has 1 rings (SSSR count). The number of ether oxygens (including phenoxy) is 1. The van der Waals surface area contributed by atoms with Crippen molar-refractivity contribution in [2.24, 2.45) is 5.73 Å². The van der Waals surface area contributed by atoms with Crippen LogP contribution in [0.4, 0.5) is 4.79 Å². The lowest BCUT2D eigenvalue weighted by atomic mass is 10.3. The second kappa shape index (κ2) is 3.74. The van der Waals surface area contributed by atoms with Crippen molar-refractivity contribution < 1.29 is 9.53 Å². The molecular formula is C7H4ClN3O2. The first-order chi connectivity index (χ1) is 6.13. The van der Waals surface area contributed by atoms with Crippen LogP contribution in [0.1, 0.15) is 5.56 Å². The molecule has 0 aliphatic heterocycles. The number of carbonyl (C=O) groups is 1. The Morgan fingerprint density at radius 1 is 1.69 bits per heavy atom. The highest BCUT2D eigenvalue weighted by molar-refractivity contribution is 6.29. The SMILES string of the molecule is N#Cc1ccc(Cl)nc1OC(N)=O. The Bertz CT molecular complexity index is 386. The molecule has 0 radical (unpaired) electrons. The second-order valence-corrected chi connectivity index (χ2v) is 2.41. The number of primary amides is 1. The van der Waals surface area contributed by atoms with Crippen molar-refractivity contribution in [2.75, 3.05) is 0 Å². The molecule has 1 aromatic heterocycles. The van der Waals surface area contributed by atoms with Gasteiger partial charge < -0.3 is 10.5 Å². The molecule has 0 bridgehead atoms. The molecule has 0 saturated carbocycles. The van der Waals surface area contributed by atoms with E-state index >= 15 is 0 Å². The molecule has 0 spiro atoms. The van der Waals surface area contributed by atoms with Gasteiger partial charge in [-0.15, -0.1) is 0 Å². The van der Waals surface area contributed by atoms with E-state index in [1.54, 1.807) is 6.07 Å². The molecular weight excluding hydrogens is 194 g/mol. The fourth-order valence-electron chi connectivity index (χ4n) is 0.676. The number of pyridine rings is 1. The summed E-state index contributed by atoms with van der Waals surface area (Å²) in [6, 6.07) is 4.57. The summed E-state index contributed by atoms with van der Waals surface area (Å²) in [5.74, 6) is -0.178. The van der Waals surface area contributed by atoms with Crippen molar-refractivity contribution >= 4 is 17.7 Å². The Kier molecular flexibility index (Phi) is 2.67. The molecule has 0 aliphatic carbocycles. The minimum absolute atomic E-state index is 0.100. The van der Waals surface area contributed by atoms with Crippen LogP contribution in [0.5, 0.6) is 5.88 Å². The molecule has 2 N–H and O–H groups in total. The van der Waals surface area contributed by atoms with Gasteiger partial charge >= 0.3 is 6.09 Å².